The molecule has 2 aliphatic rings. The molecule has 1 saturated carbocycles. The first-order valence-electron chi connectivity index (χ1n) is 11.2. The van der Waals surface area contributed by atoms with E-state index in [2.05, 4.69) is 32.8 Å². The second-order valence-corrected chi connectivity index (χ2v) is 8.76. The van der Waals surface area contributed by atoms with E-state index in [9.17, 15) is 9.59 Å². The Hall–Kier alpha value is -3.48. The number of hydrogen-bond acceptors (Lipinski definition) is 4. The molecule has 1 aliphatic heterocycles. The lowest BCUT2D eigenvalue weighted by Gasteiger charge is -2.30. The normalized spacial score (nSPS) is 18.8. The molecule has 0 radical (unpaired) electrons. The van der Waals surface area contributed by atoms with Crippen molar-refractivity contribution in [1.29, 1.82) is 0 Å². The highest BCUT2D eigenvalue weighted by atomic mass is 16.2. The summed E-state index contributed by atoms with van der Waals surface area (Å²) < 4.78 is 1.84. The maximum absolute atomic E-state index is 13.4. The molecule has 0 bridgehead atoms. The quantitative estimate of drug-likeness (QED) is 0.631. The average Bonchev–Trinajstić information content (AvgIpc) is 3.55. The van der Waals surface area contributed by atoms with Gasteiger partial charge in [0.05, 0.1) is 35.5 Å². The van der Waals surface area contributed by atoms with Crippen LogP contribution in [-0.4, -0.2) is 32.6 Å². The predicted molar refractivity (Wildman–Crippen MR) is 120 cm³/mol. The molecule has 0 saturated heterocycles. The maximum atomic E-state index is 13.4. The Kier molecular flexibility index (Phi) is 5.47. The molecule has 1 fully saturated rings. The first-order valence-corrected chi connectivity index (χ1v) is 11.2. The summed E-state index contributed by atoms with van der Waals surface area (Å²) in [6.07, 6.45) is 9.55. The monoisotopic (exact) mass is 429 g/mol. The van der Waals surface area contributed by atoms with Crippen molar-refractivity contribution in [3.8, 4) is 0 Å². The standard InChI is InChI=1S/C25H27N5O2/c31-23(27-15-18-7-6-12-26-14-18)21-16-28-30-17-20(13-22(21)30)29-24(32)25(10-4-5-11-25)19-8-2-1-3-9-19/h1-3,6-9,12,14,16,20H,4-5,10-11,13,15,17H2,(H,27,31)(H,29,32)/t20-/m0/s1. The molecule has 0 spiro atoms. The molecule has 2 aromatic heterocycles. The van der Waals surface area contributed by atoms with Gasteiger partial charge in [-0.1, -0.05) is 49.2 Å². The fourth-order valence-corrected chi connectivity index (χ4v) is 5.06. The Balaban J connectivity index is 1.25. The molecule has 3 heterocycles. The van der Waals surface area contributed by atoms with E-state index in [0.717, 1.165) is 42.5 Å². The summed E-state index contributed by atoms with van der Waals surface area (Å²) in [6, 6.07) is 13.8. The van der Waals surface area contributed by atoms with Gasteiger partial charge in [-0.05, 0) is 30.0 Å². The number of rotatable bonds is 6. The molecule has 0 unspecified atom stereocenters. The number of nitrogens with one attached hydrogen (secondary N) is 2. The van der Waals surface area contributed by atoms with Crippen LogP contribution < -0.4 is 10.6 Å². The fraction of sp³-hybridized carbons (Fsp3) is 0.360. The van der Waals surface area contributed by atoms with Gasteiger partial charge in [-0.25, -0.2) is 0 Å². The summed E-state index contributed by atoms with van der Waals surface area (Å²) in [5.74, 6) is -0.0573. The second-order valence-electron chi connectivity index (χ2n) is 8.76. The molecule has 2 N–H and O–H groups in total. The van der Waals surface area contributed by atoms with E-state index in [-0.39, 0.29) is 17.9 Å². The van der Waals surface area contributed by atoms with Gasteiger partial charge in [-0.15, -0.1) is 0 Å². The van der Waals surface area contributed by atoms with E-state index in [4.69, 9.17) is 0 Å². The first kappa shape index (κ1) is 20.4. The van der Waals surface area contributed by atoms with Crippen LogP contribution in [0.4, 0.5) is 0 Å². The minimum Gasteiger partial charge on any atom is -0.350 e. The van der Waals surface area contributed by atoms with Crippen LogP contribution in [0, 0.1) is 0 Å². The summed E-state index contributed by atoms with van der Waals surface area (Å²) >= 11 is 0. The minimum atomic E-state index is -0.449. The highest BCUT2D eigenvalue weighted by Gasteiger charge is 2.43. The van der Waals surface area contributed by atoms with Crippen LogP contribution in [0.1, 0.15) is 52.9 Å². The van der Waals surface area contributed by atoms with E-state index in [1.165, 1.54) is 0 Å². The third-order valence-electron chi connectivity index (χ3n) is 6.76. The van der Waals surface area contributed by atoms with Crippen molar-refractivity contribution >= 4 is 11.8 Å². The van der Waals surface area contributed by atoms with Crippen LogP contribution in [0.5, 0.6) is 0 Å². The molecule has 7 nitrogen and oxygen atoms in total. The van der Waals surface area contributed by atoms with Gasteiger partial charge < -0.3 is 10.6 Å². The van der Waals surface area contributed by atoms with Crippen molar-refractivity contribution in [3.63, 3.8) is 0 Å². The molecule has 32 heavy (non-hydrogen) atoms. The Bertz CT molecular complexity index is 1100. The summed E-state index contributed by atoms with van der Waals surface area (Å²) in [5.41, 5.74) is 3.04. The van der Waals surface area contributed by atoms with Gasteiger partial charge in [-0.3, -0.25) is 19.3 Å². The molecule has 3 aromatic rings. The number of aromatic nitrogens is 3. The van der Waals surface area contributed by atoms with Crippen LogP contribution in [-0.2, 0) is 29.7 Å². The van der Waals surface area contributed by atoms with E-state index >= 15 is 0 Å². The van der Waals surface area contributed by atoms with E-state index in [0.29, 0.717) is 25.1 Å². The van der Waals surface area contributed by atoms with Crippen molar-refractivity contribution in [3.05, 3.63) is 83.4 Å². The molecule has 164 valence electrons. The molecular formula is C25H27N5O2. The molecule has 1 aliphatic carbocycles. The summed E-state index contributed by atoms with van der Waals surface area (Å²) in [4.78, 5) is 30.3. The van der Waals surface area contributed by atoms with Crippen LogP contribution in [0.15, 0.2) is 61.1 Å². The minimum absolute atomic E-state index is 0.0581. The molecular weight excluding hydrogens is 402 g/mol. The largest absolute Gasteiger partial charge is 0.350 e. The maximum Gasteiger partial charge on any atom is 0.255 e. The van der Waals surface area contributed by atoms with Crippen molar-refractivity contribution in [2.75, 3.05) is 0 Å². The number of pyridine rings is 1. The molecule has 1 atom stereocenters. The van der Waals surface area contributed by atoms with Crippen molar-refractivity contribution < 1.29 is 9.59 Å². The fourth-order valence-electron chi connectivity index (χ4n) is 5.06. The zero-order chi connectivity index (χ0) is 22.0. The van der Waals surface area contributed by atoms with Gasteiger partial charge in [0.1, 0.15) is 0 Å². The second kappa shape index (κ2) is 8.57. The van der Waals surface area contributed by atoms with Crippen LogP contribution in [0.25, 0.3) is 0 Å². The van der Waals surface area contributed by atoms with Crippen LogP contribution in [0.2, 0.25) is 0 Å². The van der Waals surface area contributed by atoms with Crippen molar-refractivity contribution in [1.82, 2.24) is 25.4 Å². The van der Waals surface area contributed by atoms with Crippen LogP contribution in [0.3, 0.4) is 0 Å². The van der Waals surface area contributed by atoms with Gasteiger partial charge in [0, 0.05) is 25.4 Å². The molecule has 7 heteroatoms. The number of hydrogen-bond donors (Lipinski definition) is 2. The number of benzene rings is 1. The summed E-state index contributed by atoms with van der Waals surface area (Å²) in [7, 11) is 0. The van der Waals surface area contributed by atoms with Crippen LogP contribution >= 0.6 is 0 Å². The van der Waals surface area contributed by atoms with Gasteiger partial charge >= 0.3 is 0 Å². The van der Waals surface area contributed by atoms with Gasteiger partial charge in [-0.2, -0.15) is 5.10 Å². The predicted octanol–water partition coefficient (Wildman–Crippen LogP) is 2.76. The average molecular weight is 430 g/mol. The topological polar surface area (TPSA) is 88.9 Å². The Morgan fingerprint density at radius 3 is 2.62 bits per heavy atom. The number of amides is 2. The van der Waals surface area contributed by atoms with Crippen molar-refractivity contribution in [2.45, 2.75) is 56.7 Å². The molecule has 2 amide bonds. The smallest absolute Gasteiger partial charge is 0.255 e. The number of carbonyl (C=O) groups is 2. The van der Waals surface area contributed by atoms with Gasteiger partial charge in [0.15, 0.2) is 0 Å². The van der Waals surface area contributed by atoms with Gasteiger partial charge in [0.25, 0.3) is 5.91 Å². The zero-order valence-electron chi connectivity index (χ0n) is 18.0. The highest BCUT2D eigenvalue weighted by molar-refractivity contribution is 5.95. The number of carbonyl (C=O) groups excluding carboxylic acids is 2. The SMILES string of the molecule is O=C(NCc1cccnc1)c1cnn2c1C[C@H](NC(=O)C1(c3ccccc3)CCCC1)C2. The third kappa shape index (κ3) is 3.79. The summed E-state index contributed by atoms with van der Waals surface area (Å²) in [6.45, 7) is 0.999. The van der Waals surface area contributed by atoms with Crippen molar-refractivity contribution in [2.24, 2.45) is 0 Å². The highest BCUT2D eigenvalue weighted by Crippen LogP contribution is 2.41. The van der Waals surface area contributed by atoms with E-state index in [1.807, 2.05) is 35.0 Å². The van der Waals surface area contributed by atoms with E-state index < -0.39 is 5.41 Å². The Morgan fingerprint density at radius 2 is 1.88 bits per heavy atom. The Labute approximate surface area is 187 Å². The number of nitrogens with zero attached hydrogens (tertiary/aromatic N) is 3. The zero-order valence-corrected chi connectivity index (χ0v) is 18.0. The lowest BCUT2D eigenvalue weighted by atomic mass is 9.78. The number of fused-ring (bicyclic) bond motifs is 1. The Morgan fingerprint density at radius 1 is 1.06 bits per heavy atom. The van der Waals surface area contributed by atoms with E-state index in [1.54, 1.807) is 18.6 Å². The first-order chi connectivity index (χ1) is 15.7. The molecule has 5 rings (SSSR count). The lowest BCUT2D eigenvalue weighted by Crippen LogP contribution is -2.47. The molecule has 1 aromatic carbocycles. The van der Waals surface area contributed by atoms with Gasteiger partial charge in [0.2, 0.25) is 5.91 Å². The summed E-state index contributed by atoms with van der Waals surface area (Å²) in [5, 5.41) is 10.6. The lowest BCUT2D eigenvalue weighted by molar-refractivity contribution is -0.127. The third-order valence-corrected chi connectivity index (χ3v) is 6.76.